The van der Waals surface area contributed by atoms with E-state index in [4.69, 9.17) is 9.47 Å². The second-order valence-electron chi connectivity index (χ2n) is 9.09. The normalized spacial score (nSPS) is 20.4. The Labute approximate surface area is 203 Å². The summed E-state index contributed by atoms with van der Waals surface area (Å²) in [6.07, 6.45) is 7.14. The minimum atomic E-state index is -0.389. The van der Waals surface area contributed by atoms with Gasteiger partial charge in [0.2, 0.25) is 5.91 Å². The lowest BCUT2D eigenvalue weighted by molar-refractivity contribution is -0.119. The molecule has 1 aromatic heterocycles. The number of anilines is 1. The van der Waals surface area contributed by atoms with Crippen molar-refractivity contribution in [3.8, 4) is 17.6 Å². The number of carbonyl (C=O) groups excluding carboxylic acids is 2. The lowest BCUT2D eigenvalue weighted by Crippen LogP contribution is -2.40. The lowest BCUT2D eigenvalue weighted by Gasteiger charge is -2.38. The van der Waals surface area contributed by atoms with Crippen LogP contribution in [0.1, 0.15) is 72.4 Å². The Kier molecular flexibility index (Phi) is 6.18. The van der Waals surface area contributed by atoms with Gasteiger partial charge in [0.05, 0.1) is 19.8 Å². The van der Waals surface area contributed by atoms with Crippen molar-refractivity contribution in [2.24, 2.45) is 0 Å². The summed E-state index contributed by atoms with van der Waals surface area (Å²) in [5.74, 6) is 0.907. The number of rotatable bonds is 4. The average Bonchev–Trinajstić information content (AvgIpc) is 3.02. The van der Waals surface area contributed by atoms with Crippen LogP contribution in [0.5, 0.6) is 11.5 Å². The SMILES string of the molecule is COc1ccc(OC)c([C@@H]2CC(=O)N(c3sc4c(c3C#N)CCCCC4)C3=C2C(=O)CCC3)c1. The van der Waals surface area contributed by atoms with Gasteiger partial charge in [0, 0.05) is 40.5 Å². The van der Waals surface area contributed by atoms with Crippen molar-refractivity contribution in [3.63, 3.8) is 0 Å². The summed E-state index contributed by atoms with van der Waals surface area (Å²) >= 11 is 1.57. The Balaban J connectivity index is 1.68. The fraction of sp³-hybridized carbons (Fsp3) is 0.444. The predicted octanol–water partition coefficient (Wildman–Crippen LogP) is 5.43. The van der Waals surface area contributed by atoms with Crippen LogP contribution in [-0.2, 0) is 22.4 Å². The van der Waals surface area contributed by atoms with Gasteiger partial charge in [-0.3, -0.25) is 14.5 Å². The molecule has 34 heavy (non-hydrogen) atoms. The summed E-state index contributed by atoms with van der Waals surface area (Å²) in [5, 5.41) is 10.8. The van der Waals surface area contributed by atoms with Crippen LogP contribution in [0.4, 0.5) is 5.00 Å². The lowest BCUT2D eigenvalue weighted by atomic mass is 9.77. The molecule has 2 heterocycles. The molecule has 5 rings (SSSR count). The quantitative estimate of drug-likeness (QED) is 0.550. The van der Waals surface area contributed by atoms with Gasteiger partial charge < -0.3 is 9.47 Å². The van der Waals surface area contributed by atoms with Gasteiger partial charge in [0.1, 0.15) is 22.6 Å². The number of hydrogen-bond donors (Lipinski definition) is 0. The third-order valence-corrected chi connectivity index (χ3v) is 8.48. The third kappa shape index (κ3) is 3.70. The van der Waals surface area contributed by atoms with Crippen molar-refractivity contribution in [1.29, 1.82) is 5.26 Å². The molecule has 1 aromatic carbocycles. The summed E-state index contributed by atoms with van der Waals surface area (Å²) in [7, 11) is 3.19. The van der Waals surface area contributed by atoms with Crippen LogP contribution < -0.4 is 14.4 Å². The maximum atomic E-state index is 13.7. The summed E-state index contributed by atoms with van der Waals surface area (Å²) in [4.78, 5) is 30.0. The first-order chi connectivity index (χ1) is 16.6. The predicted molar refractivity (Wildman–Crippen MR) is 131 cm³/mol. The molecule has 2 aliphatic carbocycles. The van der Waals surface area contributed by atoms with E-state index in [9.17, 15) is 14.9 Å². The van der Waals surface area contributed by atoms with Crippen LogP contribution in [0.2, 0.25) is 0 Å². The summed E-state index contributed by atoms with van der Waals surface area (Å²) in [5.41, 5.74) is 3.96. The minimum Gasteiger partial charge on any atom is -0.497 e. The Morgan fingerprint density at radius 1 is 1.03 bits per heavy atom. The van der Waals surface area contributed by atoms with Crippen LogP contribution in [-0.4, -0.2) is 25.9 Å². The van der Waals surface area contributed by atoms with E-state index in [1.807, 2.05) is 18.2 Å². The number of hydrogen-bond acceptors (Lipinski definition) is 6. The molecule has 0 N–H and O–H groups in total. The molecule has 6 nitrogen and oxygen atoms in total. The third-order valence-electron chi connectivity index (χ3n) is 7.21. The first-order valence-electron chi connectivity index (χ1n) is 11.9. The highest BCUT2D eigenvalue weighted by molar-refractivity contribution is 7.16. The van der Waals surface area contributed by atoms with E-state index in [0.29, 0.717) is 46.9 Å². The molecule has 0 saturated carbocycles. The fourth-order valence-electron chi connectivity index (χ4n) is 5.61. The van der Waals surface area contributed by atoms with Crippen molar-refractivity contribution in [3.05, 3.63) is 51.0 Å². The molecule has 0 spiro atoms. The second kappa shape index (κ2) is 9.27. The van der Waals surface area contributed by atoms with Crippen molar-refractivity contribution in [1.82, 2.24) is 0 Å². The number of amides is 1. The van der Waals surface area contributed by atoms with Crippen molar-refractivity contribution in [2.45, 2.75) is 63.7 Å². The maximum absolute atomic E-state index is 13.7. The minimum absolute atomic E-state index is 0.0729. The topological polar surface area (TPSA) is 79.6 Å². The monoisotopic (exact) mass is 476 g/mol. The molecule has 3 aliphatic rings. The molecule has 0 fully saturated rings. The standard InChI is InChI=1S/C27H28N2O4S/c1-32-16-11-12-23(33-2)18(13-16)19-14-25(31)29(21-8-6-9-22(30)26(19)21)27-20(15-28)17-7-4-3-5-10-24(17)34-27/h11-13,19H,3-10,14H2,1-2H3/t19-/m0/s1. The number of aryl methyl sites for hydroxylation is 1. The molecule has 1 atom stereocenters. The molecule has 0 unspecified atom stereocenters. The molecule has 0 saturated heterocycles. The van der Waals surface area contributed by atoms with E-state index < -0.39 is 0 Å². The number of ketones is 1. The molecular weight excluding hydrogens is 448 g/mol. The summed E-state index contributed by atoms with van der Waals surface area (Å²) in [6.45, 7) is 0. The first kappa shape index (κ1) is 22.7. The van der Waals surface area contributed by atoms with Crippen molar-refractivity contribution < 1.29 is 19.1 Å². The van der Waals surface area contributed by atoms with Gasteiger partial charge >= 0.3 is 0 Å². The van der Waals surface area contributed by atoms with Gasteiger partial charge in [0.25, 0.3) is 0 Å². The Morgan fingerprint density at radius 2 is 1.85 bits per heavy atom. The van der Waals surface area contributed by atoms with E-state index in [-0.39, 0.29) is 24.0 Å². The molecule has 0 radical (unpaired) electrons. The zero-order chi connectivity index (χ0) is 23.8. The van der Waals surface area contributed by atoms with E-state index in [0.717, 1.165) is 48.9 Å². The zero-order valence-electron chi connectivity index (χ0n) is 19.6. The van der Waals surface area contributed by atoms with Crippen LogP contribution in [0.3, 0.4) is 0 Å². The summed E-state index contributed by atoms with van der Waals surface area (Å²) in [6, 6.07) is 7.91. The van der Waals surface area contributed by atoms with Gasteiger partial charge in [0.15, 0.2) is 5.78 Å². The van der Waals surface area contributed by atoms with Crippen LogP contribution in [0, 0.1) is 11.3 Å². The Bertz CT molecular complexity index is 1240. The van der Waals surface area contributed by atoms with E-state index in [1.165, 1.54) is 4.88 Å². The number of nitrogens with zero attached hydrogens (tertiary/aromatic N) is 2. The first-order valence-corrected chi connectivity index (χ1v) is 12.7. The van der Waals surface area contributed by atoms with Gasteiger partial charge in [-0.05, 0) is 62.3 Å². The highest BCUT2D eigenvalue weighted by atomic mass is 32.1. The molecule has 1 aliphatic heterocycles. The maximum Gasteiger partial charge on any atom is 0.232 e. The van der Waals surface area contributed by atoms with Crippen LogP contribution in [0.15, 0.2) is 29.5 Å². The number of carbonyl (C=O) groups is 2. The number of nitriles is 1. The van der Waals surface area contributed by atoms with Crippen LogP contribution >= 0.6 is 11.3 Å². The van der Waals surface area contributed by atoms with E-state index in [1.54, 1.807) is 30.5 Å². The smallest absolute Gasteiger partial charge is 0.232 e. The molecule has 2 aromatic rings. The van der Waals surface area contributed by atoms with Crippen molar-refractivity contribution in [2.75, 3.05) is 19.1 Å². The molecule has 0 bridgehead atoms. The number of Topliss-reactive ketones (excluding diaryl/α,β-unsaturated/α-hetero) is 1. The number of ether oxygens (including phenoxy) is 2. The number of fused-ring (bicyclic) bond motifs is 1. The van der Waals surface area contributed by atoms with E-state index in [2.05, 4.69) is 6.07 Å². The molecule has 176 valence electrons. The van der Waals surface area contributed by atoms with Gasteiger partial charge in [-0.2, -0.15) is 5.26 Å². The number of methoxy groups -OCH3 is 2. The highest BCUT2D eigenvalue weighted by Crippen LogP contribution is 2.49. The van der Waals surface area contributed by atoms with Gasteiger partial charge in [-0.25, -0.2) is 0 Å². The largest absolute Gasteiger partial charge is 0.497 e. The van der Waals surface area contributed by atoms with Crippen molar-refractivity contribution >= 4 is 28.0 Å². The number of allylic oxidation sites excluding steroid dienone is 2. The fourth-order valence-corrected chi connectivity index (χ4v) is 6.99. The number of benzene rings is 1. The van der Waals surface area contributed by atoms with Gasteiger partial charge in [-0.1, -0.05) is 6.42 Å². The second-order valence-corrected chi connectivity index (χ2v) is 10.2. The summed E-state index contributed by atoms with van der Waals surface area (Å²) < 4.78 is 11.0. The molecular formula is C27H28N2O4S. The molecule has 7 heteroatoms. The van der Waals surface area contributed by atoms with Crippen LogP contribution in [0.25, 0.3) is 0 Å². The number of thiophene rings is 1. The van der Waals surface area contributed by atoms with E-state index >= 15 is 0 Å². The Morgan fingerprint density at radius 3 is 2.62 bits per heavy atom. The van der Waals surface area contributed by atoms with Gasteiger partial charge in [-0.15, -0.1) is 11.3 Å². The molecule has 1 amide bonds. The Hall–Kier alpha value is -3.11. The average molecular weight is 477 g/mol. The highest BCUT2D eigenvalue weighted by Gasteiger charge is 2.42. The zero-order valence-corrected chi connectivity index (χ0v) is 20.4.